The van der Waals surface area contributed by atoms with E-state index >= 15 is 0 Å². The maximum atomic E-state index is 4.90. The summed E-state index contributed by atoms with van der Waals surface area (Å²) in [6.07, 6.45) is 7.36. The van der Waals surface area contributed by atoms with Gasteiger partial charge in [-0.05, 0) is 153 Å². The van der Waals surface area contributed by atoms with Crippen LogP contribution in [0.15, 0.2) is 486 Å². The van der Waals surface area contributed by atoms with E-state index in [9.17, 15) is 0 Å². The van der Waals surface area contributed by atoms with Crippen molar-refractivity contribution in [3.8, 4) is 89.5 Å². The number of para-hydroxylation sites is 1. The number of fused-ring (bicyclic) bond motifs is 32. The van der Waals surface area contributed by atoms with Crippen LogP contribution in [0.4, 0.5) is 0 Å². The highest BCUT2D eigenvalue weighted by atomic mass is 15.0. The third-order valence-electron chi connectivity index (χ3n) is 26.4. The van der Waals surface area contributed by atoms with Crippen LogP contribution in [-0.4, -0.2) is 37.5 Å². The highest BCUT2D eigenvalue weighted by Crippen LogP contribution is 2.49. The van der Waals surface area contributed by atoms with Gasteiger partial charge in [0, 0.05) is 90.1 Å². The molecule has 0 spiro atoms. The molecule has 11 heterocycles. The Morgan fingerprint density at radius 2 is 0.409 bits per heavy atom. The molecule has 0 aliphatic rings. The molecule has 28 rings (SSSR count). The molecule has 0 amide bonds. The van der Waals surface area contributed by atoms with Gasteiger partial charge in [-0.25, -0.2) is 9.97 Å². The fourth-order valence-electron chi connectivity index (χ4n) is 20.7. The second-order valence-corrected chi connectivity index (χ2v) is 33.8. The Morgan fingerprint density at radius 3 is 0.818 bits per heavy atom. The first kappa shape index (κ1) is 76.7. The highest BCUT2D eigenvalue weighted by Gasteiger charge is 2.27. The molecule has 8 heteroatoms. The summed E-state index contributed by atoms with van der Waals surface area (Å²) in [6, 6.07) is 164. The maximum absolute atomic E-state index is 4.90. The maximum Gasteiger partial charge on any atom is 0.164 e. The van der Waals surface area contributed by atoms with Crippen LogP contribution in [0.5, 0.6) is 0 Å². The average Bonchev–Trinajstić information content (AvgIpc) is 1.57. The standard InChI is InChI=1S/C32H21N.2C31H20N2.C30H19N3/c1-3-11-22(12-4-1)28-21-30(24-14-5-2-6-15-24)33-29-18-10-9-17-26(29)27-20-19-23-13-7-8-16-25(23)31(27)32(28)33;1-3-10-21(11-4-1)26-20-28(23-13-5-2-6-14-23)33-27-16-9-19-32-30(27)25-18-17-22-12-7-8-15-24(22)29(25)31(26)33;1-3-10-21(11-4-1)27-20-28(23-13-5-2-6-14-23)33-30(27)29-24-15-8-7-12-22(24)17-18-25(29)26-16-9-19-32-31(26)33;1-3-9-20(10-4-1)25-19-26(22-12-5-2-6-13-22)33-29(25)27-23-14-8-7-11-21(23)15-16-24(27)28-30(33)32-18-17-31-28/h1-21H;2*1-20H;1-19H. The third-order valence-corrected chi connectivity index (χ3v) is 26.4. The first-order valence-corrected chi connectivity index (χ1v) is 45.0. The Hall–Kier alpha value is -17.7. The Kier molecular flexibility index (Phi) is 18.8. The number of hydrogen-bond acceptors (Lipinski definition) is 4. The summed E-state index contributed by atoms with van der Waals surface area (Å²) in [6.45, 7) is 0. The van der Waals surface area contributed by atoms with E-state index in [1.165, 1.54) is 186 Å². The number of benzene rings is 17. The predicted octanol–water partition coefficient (Wildman–Crippen LogP) is 32.5. The average molecular weight is 1680 g/mol. The fraction of sp³-hybridized carbons (Fsp3) is 0. The van der Waals surface area contributed by atoms with Crippen LogP contribution in [0, 0.1) is 0 Å². The molecule has 0 unspecified atom stereocenters. The van der Waals surface area contributed by atoms with Crippen LogP contribution in [0.2, 0.25) is 0 Å². The molecule has 0 aliphatic carbocycles. The second-order valence-electron chi connectivity index (χ2n) is 33.8. The first-order valence-electron chi connectivity index (χ1n) is 45.0. The summed E-state index contributed by atoms with van der Waals surface area (Å²) >= 11 is 0. The van der Waals surface area contributed by atoms with Gasteiger partial charge in [0.2, 0.25) is 0 Å². The largest absolute Gasteiger partial charge is 0.308 e. The third kappa shape index (κ3) is 12.7. The first-order chi connectivity index (χ1) is 65.6. The van der Waals surface area contributed by atoms with Gasteiger partial charge in [0.05, 0.1) is 61.4 Å². The van der Waals surface area contributed by atoms with Crippen LogP contribution in [-0.2, 0) is 0 Å². The van der Waals surface area contributed by atoms with E-state index in [2.05, 4.69) is 467 Å². The summed E-state index contributed by atoms with van der Waals surface area (Å²) in [7, 11) is 0. The van der Waals surface area contributed by atoms with Crippen LogP contribution >= 0.6 is 0 Å². The highest BCUT2D eigenvalue weighted by molar-refractivity contribution is 6.30. The summed E-state index contributed by atoms with van der Waals surface area (Å²) in [4.78, 5) is 19.4. The Balaban J connectivity index is 0.0000000945. The van der Waals surface area contributed by atoms with Gasteiger partial charge in [-0.2, -0.15) is 0 Å². The minimum atomic E-state index is 0.872. The summed E-state index contributed by atoms with van der Waals surface area (Å²) in [5.41, 5.74) is 30.2. The van der Waals surface area contributed by atoms with Crippen molar-refractivity contribution in [1.82, 2.24) is 37.5 Å². The number of pyridine rings is 6. The Labute approximate surface area is 760 Å². The number of hydrogen-bond donors (Lipinski definition) is 0. The minimum absolute atomic E-state index is 0.872. The smallest absolute Gasteiger partial charge is 0.164 e. The van der Waals surface area contributed by atoms with E-state index in [1.54, 1.807) is 12.4 Å². The van der Waals surface area contributed by atoms with Crippen molar-refractivity contribution in [1.29, 1.82) is 0 Å². The molecule has 0 aliphatic heterocycles. The lowest BCUT2D eigenvalue weighted by Crippen LogP contribution is -1.98. The number of rotatable bonds is 8. The number of nitrogens with zero attached hydrogens (tertiary/aromatic N) is 8. The molecule has 0 fully saturated rings. The zero-order chi connectivity index (χ0) is 87.1. The SMILES string of the molecule is c1ccc(-c2cc(-c3ccccc3)n3c4ccccc4c4ccc5ccccc5c4c23)cc1.c1ccc(-c2cc(-c3ccccc3)n3c4cccnc4c4ccc5ccccc5c4c23)cc1.c1ccc(-c2cc(-c3ccccc3)n3c4ncccc4c4ccc5ccccc5c4c23)cc1.c1ccc(-c2cc(-c3ccccc3)n3c4nccnc4c4ccc5ccccc5c4c23)cc1. The molecule has 0 saturated carbocycles. The fourth-order valence-corrected chi connectivity index (χ4v) is 20.7. The van der Waals surface area contributed by atoms with E-state index in [4.69, 9.17) is 19.9 Å². The van der Waals surface area contributed by atoms with Crippen molar-refractivity contribution in [2.45, 2.75) is 0 Å². The summed E-state index contributed by atoms with van der Waals surface area (Å²) in [5, 5.41) is 22.3. The summed E-state index contributed by atoms with van der Waals surface area (Å²) < 4.78 is 9.55. The normalized spacial score (nSPS) is 11.6. The van der Waals surface area contributed by atoms with Gasteiger partial charge in [-0.1, -0.05) is 406 Å². The van der Waals surface area contributed by atoms with Gasteiger partial charge < -0.3 is 8.80 Å². The van der Waals surface area contributed by atoms with Crippen LogP contribution in [0.1, 0.15) is 0 Å². The lowest BCUT2D eigenvalue weighted by atomic mass is 9.96. The topological polar surface area (TPSA) is 69.2 Å². The van der Waals surface area contributed by atoms with Gasteiger partial charge in [-0.3, -0.25) is 18.8 Å². The van der Waals surface area contributed by atoms with Gasteiger partial charge in [0.1, 0.15) is 11.2 Å². The van der Waals surface area contributed by atoms with Crippen LogP contribution in [0.3, 0.4) is 0 Å². The van der Waals surface area contributed by atoms with Gasteiger partial charge in [0.25, 0.3) is 0 Å². The monoisotopic (exact) mass is 1680 g/mol. The zero-order valence-electron chi connectivity index (χ0n) is 71.8. The van der Waals surface area contributed by atoms with E-state index in [-0.39, 0.29) is 0 Å². The van der Waals surface area contributed by atoms with E-state index < -0.39 is 0 Å². The van der Waals surface area contributed by atoms with E-state index in [1.807, 2.05) is 24.5 Å². The number of aromatic nitrogens is 8. The predicted molar refractivity (Wildman–Crippen MR) is 554 cm³/mol. The Bertz CT molecular complexity index is 8250. The van der Waals surface area contributed by atoms with Gasteiger partial charge in [0.15, 0.2) is 5.65 Å². The Morgan fingerprint density at radius 1 is 0.152 bits per heavy atom. The molecule has 0 bridgehead atoms. The lowest BCUT2D eigenvalue weighted by Gasteiger charge is -2.15. The van der Waals surface area contributed by atoms with E-state index in [0.29, 0.717) is 0 Å². The van der Waals surface area contributed by atoms with Crippen LogP contribution < -0.4 is 0 Å². The molecule has 28 aromatic rings. The molecule has 8 nitrogen and oxygen atoms in total. The molecule has 11 aromatic heterocycles. The molecule has 17 aromatic carbocycles. The molecule has 0 N–H and O–H groups in total. The molecular formula is C124H80N8. The molecule has 616 valence electrons. The van der Waals surface area contributed by atoms with Crippen molar-refractivity contribution in [3.63, 3.8) is 0 Å². The molecule has 0 atom stereocenters. The minimum Gasteiger partial charge on any atom is -0.308 e. The van der Waals surface area contributed by atoms with Gasteiger partial charge >= 0.3 is 0 Å². The molecule has 132 heavy (non-hydrogen) atoms. The quantitative estimate of drug-likeness (QED) is 0.142. The van der Waals surface area contributed by atoms with E-state index in [0.717, 1.165) is 55.6 Å². The van der Waals surface area contributed by atoms with Crippen LogP contribution in [0.25, 0.3) is 242 Å². The van der Waals surface area contributed by atoms with Crippen molar-refractivity contribution in [2.75, 3.05) is 0 Å². The molecular weight excluding hydrogens is 1600 g/mol. The van der Waals surface area contributed by atoms with Crippen molar-refractivity contribution in [3.05, 3.63) is 486 Å². The summed E-state index contributed by atoms with van der Waals surface area (Å²) in [5.74, 6) is 0. The zero-order valence-corrected chi connectivity index (χ0v) is 71.8. The van der Waals surface area contributed by atoms with Crippen molar-refractivity contribution in [2.24, 2.45) is 0 Å². The lowest BCUT2D eigenvalue weighted by molar-refractivity contribution is 1.18. The van der Waals surface area contributed by atoms with Gasteiger partial charge in [-0.15, -0.1) is 0 Å². The van der Waals surface area contributed by atoms with Crippen molar-refractivity contribution >= 4 is 152 Å². The van der Waals surface area contributed by atoms with Crippen molar-refractivity contribution < 1.29 is 0 Å². The molecule has 0 saturated heterocycles. The second kappa shape index (κ2) is 32.3. The molecule has 0 radical (unpaired) electrons.